The Morgan fingerprint density at radius 3 is 2.85 bits per heavy atom. The maximum absolute atomic E-state index is 5.87. The van der Waals surface area contributed by atoms with Gasteiger partial charge in [-0.3, -0.25) is 0 Å². The lowest BCUT2D eigenvalue weighted by atomic mass is 10.2. The van der Waals surface area contributed by atoms with Gasteiger partial charge in [-0.15, -0.1) is 0 Å². The van der Waals surface area contributed by atoms with Crippen molar-refractivity contribution in [3.05, 3.63) is 15.1 Å². The monoisotopic (exact) mass is 388 g/mol. The molecule has 1 atom stereocenters. The van der Waals surface area contributed by atoms with Gasteiger partial charge in [-0.2, -0.15) is 0 Å². The maximum Gasteiger partial charge on any atom is 0.161 e. The first-order valence-electron chi connectivity index (χ1n) is 7.30. The van der Waals surface area contributed by atoms with Gasteiger partial charge in [0.2, 0.25) is 0 Å². The van der Waals surface area contributed by atoms with E-state index in [9.17, 15) is 0 Å². The molecule has 2 aliphatic rings. The first kappa shape index (κ1) is 14.5. The zero-order chi connectivity index (χ0) is 14.1. The Morgan fingerprint density at radius 1 is 1.40 bits per heavy atom. The highest BCUT2D eigenvalue weighted by atomic mass is 127. The molecule has 20 heavy (non-hydrogen) atoms. The highest BCUT2D eigenvalue weighted by Crippen LogP contribution is 2.42. The molecule has 0 aromatic carbocycles. The van der Waals surface area contributed by atoms with E-state index in [2.05, 4.69) is 46.8 Å². The van der Waals surface area contributed by atoms with Gasteiger partial charge >= 0.3 is 0 Å². The number of aromatic nitrogens is 2. The molecule has 3 rings (SSSR count). The third kappa shape index (κ3) is 3.07. The van der Waals surface area contributed by atoms with Gasteiger partial charge in [-0.1, -0.05) is 0 Å². The standard InChI is InChI=1S/C14H21IN4O/c1-3-16-14-11(15)12(9-4-5-9)17-13(18-14)10-8-19(2)6-7-20-10/h9-10H,3-8H2,1-2H3,(H,16,17,18). The number of halogens is 1. The number of hydrogen-bond donors (Lipinski definition) is 1. The molecule has 1 aliphatic carbocycles. The highest BCUT2D eigenvalue weighted by Gasteiger charge is 2.31. The second-order valence-electron chi connectivity index (χ2n) is 5.56. The van der Waals surface area contributed by atoms with Crippen molar-refractivity contribution in [1.29, 1.82) is 0 Å². The van der Waals surface area contributed by atoms with Crippen LogP contribution in [0.5, 0.6) is 0 Å². The summed E-state index contributed by atoms with van der Waals surface area (Å²) in [4.78, 5) is 11.8. The molecular formula is C14H21IN4O. The highest BCUT2D eigenvalue weighted by molar-refractivity contribution is 14.1. The molecule has 0 radical (unpaired) electrons. The predicted octanol–water partition coefficient (Wildman–Crippen LogP) is 2.39. The molecule has 1 unspecified atom stereocenters. The van der Waals surface area contributed by atoms with Crippen LogP contribution in [-0.2, 0) is 4.74 Å². The van der Waals surface area contributed by atoms with Gasteiger partial charge in [-0.25, -0.2) is 9.97 Å². The van der Waals surface area contributed by atoms with Crippen molar-refractivity contribution in [2.24, 2.45) is 0 Å². The van der Waals surface area contributed by atoms with Gasteiger partial charge < -0.3 is 15.0 Å². The average Bonchev–Trinajstić information content (AvgIpc) is 3.26. The normalized spacial score (nSPS) is 23.9. The zero-order valence-electron chi connectivity index (χ0n) is 12.0. The van der Waals surface area contributed by atoms with E-state index >= 15 is 0 Å². The topological polar surface area (TPSA) is 50.3 Å². The number of ether oxygens (including phenoxy) is 1. The number of rotatable bonds is 4. The fourth-order valence-corrected chi connectivity index (χ4v) is 3.34. The molecule has 6 heteroatoms. The molecule has 0 bridgehead atoms. The number of nitrogens with zero attached hydrogens (tertiary/aromatic N) is 3. The van der Waals surface area contributed by atoms with E-state index in [0.29, 0.717) is 5.92 Å². The summed E-state index contributed by atoms with van der Waals surface area (Å²) in [5.41, 5.74) is 1.21. The van der Waals surface area contributed by atoms with Gasteiger partial charge in [0, 0.05) is 25.6 Å². The van der Waals surface area contributed by atoms with E-state index in [0.717, 1.165) is 37.9 Å². The molecule has 1 saturated carbocycles. The lowest BCUT2D eigenvalue weighted by molar-refractivity contribution is -0.0255. The minimum Gasteiger partial charge on any atom is -0.369 e. The number of likely N-dealkylation sites (N-methyl/N-ethyl adjacent to an activating group) is 1. The van der Waals surface area contributed by atoms with Crippen LogP contribution in [-0.4, -0.2) is 48.2 Å². The first-order valence-corrected chi connectivity index (χ1v) is 8.38. The summed E-state index contributed by atoms with van der Waals surface area (Å²) in [7, 11) is 2.12. The Bertz CT molecular complexity index is 492. The van der Waals surface area contributed by atoms with Crippen molar-refractivity contribution in [1.82, 2.24) is 14.9 Å². The largest absolute Gasteiger partial charge is 0.369 e. The van der Waals surface area contributed by atoms with Gasteiger partial charge in [0.1, 0.15) is 11.9 Å². The molecule has 1 N–H and O–H groups in total. The minimum absolute atomic E-state index is 0.000608. The Labute approximate surface area is 133 Å². The third-order valence-electron chi connectivity index (χ3n) is 3.76. The second-order valence-corrected chi connectivity index (χ2v) is 6.63. The van der Waals surface area contributed by atoms with Gasteiger partial charge in [0.25, 0.3) is 0 Å². The fourth-order valence-electron chi connectivity index (χ4n) is 2.47. The SMILES string of the molecule is CCNc1nc(C2CN(C)CCO2)nc(C2CC2)c1I. The van der Waals surface area contributed by atoms with Crippen molar-refractivity contribution >= 4 is 28.4 Å². The summed E-state index contributed by atoms with van der Waals surface area (Å²) in [6.07, 6.45) is 2.51. The Kier molecular flexibility index (Phi) is 4.42. The van der Waals surface area contributed by atoms with Crippen LogP contribution in [0.25, 0.3) is 0 Å². The molecule has 2 fully saturated rings. The van der Waals surface area contributed by atoms with Crippen LogP contribution in [0.4, 0.5) is 5.82 Å². The van der Waals surface area contributed by atoms with E-state index in [-0.39, 0.29) is 6.10 Å². The number of anilines is 1. The first-order chi connectivity index (χ1) is 9.69. The number of morpholine rings is 1. The quantitative estimate of drug-likeness (QED) is 0.803. The average molecular weight is 388 g/mol. The van der Waals surface area contributed by atoms with E-state index < -0.39 is 0 Å². The lowest BCUT2D eigenvalue weighted by Gasteiger charge is -2.29. The third-order valence-corrected chi connectivity index (χ3v) is 4.82. The number of hydrogen-bond acceptors (Lipinski definition) is 5. The minimum atomic E-state index is 0.000608. The van der Waals surface area contributed by atoms with Crippen LogP contribution in [0.2, 0.25) is 0 Å². The van der Waals surface area contributed by atoms with Crippen LogP contribution >= 0.6 is 22.6 Å². The zero-order valence-corrected chi connectivity index (χ0v) is 14.2. The van der Waals surface area contributed by atoms with Crippen LogP contribution in [0.1, 0.15) is 43.3 Å². The molecule has 0 spiro atoms. The smallest absolute Gasteiger partial charge is 0.161 e. The predicted molar refractivity (Wildman–Crippen MR) is 87.1 cm³/mol. The molecule has 0 amide bonds. The van der Waals surface area contributed by atoms with Gasteiger partial charge in [-0.05, 0) is 49.4 Å². The summed E-state index contributed by atoms with van der Waals surface area (Å²) in [5.74, 6) is 2.44. The Morgan fingerprint density at radius 2 is 2.20 bits per heavy atom. The summed E-state index contributed by atoms with van der Waals surface area (Å²) in [5, 5.41) is 3.36. The molecule has 110 valence electrons. The van der Waals surface area contributed by atoms with E-state index in [1.165, 1.54) is 22.1 Å². The van der Waals surface area contributed by atoms with Crippen molar-refractivity contribution in [3.8, 4) is 0 Å². The van der Waals surface area contributed by atoms with Crippen LogP contribution in [0.15, 0.2) is 0 Å². The molecule has 1 aromatic heterocycles. The van der Waals surface area contributed by atoms with Crippen molar-refractivity contribution < 1.29 is 4.74 Å². The van der Waals surface area contributed by atoms with Crippen LogP contribution in [0.3, 0.4) is 0 Å². The molecule has 5 nitrogen and oxygen atoms in total. The molecule has 1 aromatic rings. The van der Waals surface area contributed by atoms with Crippen LogP contribution in [0, 0.1) is 3.57 Å². The molecular weight excluding hydrogens is 367 g/mol. The summed E-state index contributed by atoms with van der Waals surface area (Å²) in [6.45, 7) is 5.58. The van der Waals surface area contributed by atoms with E-state index in [1.807, 2.05) is 0 Å². The van der Waals surface area contributed by atoms with Crippen molar-refractivity contribution in [2.45, 2.75) is 31.8 Å². The van der Waals surface area contributed by atoms with Crippen molar-refractivity contribution in [3.63, 3.8) is 0 Å². The number of nitrogens with one attached hydrogen (secondary N) is 1. The Balaban J connectivity index is 1.93. The summed E-state index contributed by atoms with van der Waals surface area (Å²) >= 11 is 2.37. The molecule has 1 saturated heterocycles. The summed E-state index contributed by atoms with van der Waals surface area (Å²) in [6, 6.07) is 0. The lowest BCUT2D eigenvalue weighted by Crippen LogP contribution is -2.36. The maximum atomic E-state index is 5.87. The molecule has 2 heterocycles. The van der Waals surface area contributed by atoms with Crippen molar-refractivity contribution in [2.75, 3.05) is 38.6 Å². The second kappa shape index (κ2) is 6.11. The van der Waals surface area contributed by atoms with Gasteiger partial charge in [0.15, 0.2) is 5.82 Å². The summed E-state index contributed by atoms with van der Waals surface area (Å²) < 4.78 is 7.05. The van der Waals surface area contributed by atoms with E-state index in [4.69, 9.17) is 14.7 Å². The van der Waals surface area contributed by atoms with Gasteiger partial charge in [0.05, 0.1) is 15.9 Å². The molecule has 1 aliphatic heterocycles. The Hall–Kier alpha value is -0.470. The van der Waals surface area contributed by atoms with Crippen LogP contribution < -0.4 is 5.32 Å². The fraction of sp³-hybridized carbons (Fsp3) is 0.714. The van der Waals surface area contributed by atoms with E-state index in [1.54, 1.807) is 0 Å².